The summed E-state index contributed by atoms with van der Waals surface area (Å²) in [7, 11) is -3.83. The Bertz CT molecular complexity index is 1290. The molecular formula is C23H18F4N2O3S. The van der Waals surface area contributed by atoms with Gasteiger partial charge < -0.3 is 4.90 Å². The lowest BCUT2D eigenvalue weighted by Gasteiger charge is -2.36. The topological polar surface area (TPSA) is 57.7 Å². The molecule has 10 heteroatoms. The number of anilines is 1. The summed E-state index contributed by atoms with van der Waals surface area (Å²) in [6.45, 7) is -0.586. The number of hydrogen-bond acceptors (Lipinski definition) is 4. The quantitative estimate of drug-likeness (QED) is 0.241. The second-order valence-corrected chi connectivity index (χ2v) is 9.32. The van der Waals surface area contributed by atoms with Crippen LogP contribution in [0.3, 0.4) is 0 Å². The zero-order valence-electron chi connectivity index (χ0n) is 17.1. The number of hydrogen-bond donors (Lipinski definition) is 0. The van der Waals surface area contributed by atoms with Crippen molar-refractivity contribution in [2.75, 3.05) is 31.1 Å². The Balaban J connectivity index is 1.70. The molecule has 0 bridgehead atoms. The first-order valence-corrected chi connectivity index (χ1v) is 11.4. The number of nitrogens with zero attached hydrogens (tertiary/aromatic N) is 2. The van der Waals surface area contributed by atoms with Crippen LogP contribution in [0.4, 0.5) is 23.2 Å². The zero-order valence-corrected chi connectivity index (χ0v) is 18.0. The standard InChI is InChI=1S/C23H18F4N2O3S/c24-18-17(23(30)15-7-3-1-4-8-15)22(21(27)20(26)19(18)25)28-11-13-29(14-12-28)33(31,32)16-9-5-2-6-10-16/h1-10H,11-14H2. The van der Waals surface area contributed by atoms with Crippen molar-refractivity contribution in [3.63, 3.8) is 0 Å². The number of halogens is 4. The van der Waals surface area contributed by atoms with E-state index in [1.54, 1.807) is 24.3 Å². The Labute approximate surface area is 187 Å². The molecule has 0 radical (unpaired) electrons. The molecule has 1 aliphatic rings. The number of carbonyl (C=O) groups excluding carboxylic acids is 1. The third-order valence-corrected chi connectivity index (χ3v) is 7.35. The normalized spacial score (nSPS) is 15.0. The van der Waals surface area contributed by atoms with Crippen molar-refractivity contribution in [2.24, 2.45) is 0 Å². The molecule has 1 heterocycles. The maximum absolute atomic E-state index is 14.9. The first-order valence-electron chi connectivity index (χ1n) is 9.99. The van der Waals surface area contributed by atoms with Gasteiger partial charge in [0.15, 0.2) is 29.1 Å². The van der Waals surface area contributed by atoms with Gasteiger partial charge in [0, 0.05) is 31.7 Å². The van der Waals surface area contributed by atoms with Gasteiger partial charge in [-0.05, 0) is 12.1 Å². The Kier molecular flexibility index (Phi) is 6.22. The maximum Gasteiger partial charge on any atom is 0.243 e. The Hall–Kier alpha value is -3.24. The number of piperazine rings is 1. The van der Waals surface area contributed by atoms with Crippen LogP contribution in [0.2, 0.25) is 0 Å². The first-order chi connectivity index (χ1) is 15.7. The lowest BCUT2D eigenvalue weighted by atomic mass is 9.99. The van der Waals surface area contributed by atoms with Gasteiger partial charge >= 0.3 is 0 Å². The molecule has 3 aromatic rings. The molecule has 0 amide bonds. The number of ketones is 1. The number of benzene rings is 3. The van der Waals surface area contributed by atoms with E-state index in [9.17, 15) is 30.8 Å². The molecule has 0 N–H and O–H groups in total. The molecule has 3 aromatic carbocycles. The smallest absolute Gasteiger partial charge is 0.243 e. The minimum atomic E-state index is -3.83. The zero-order chi connectivity index (χ0) is 23.8. The second kappa shape index (κ2) is 8.95. The van der Waals surface area contributed by atoms with Crippen LogP contribution in [-0.2, 0) is 10.0 Å². The SMILES string of the molecule is O=C(c1ccccc1)c1c(F)c(F)c(F)c(F)c1N1CCN(S(=O)(=O)c2ccccc2)CC1. The van der Waals surface area contributed by atoms with Crippen LogP contribution in [0.1, 0.15) is 15.9 Å². The maximum atomic E-state index is 14.9. The van der Waals surface area contributed by atoms with Crippen molar-refractivity contribution in [1.82, 2.24) is 4.31 Å². The summed E-state index contributed by atoms with van der Waals surface area (Å²) in [5.74, 6) is -8.63. The van der Waals surface area contributed by atoms with E-state index >= 15 is 0 Å². The minimum Gasteiger partial charge on any atom is -0.366 e. The van der Waals surface area contributed by atoms with Crippen LogP contribution >= 0.6 is 0 Å². The van der Waals surface area contributed by atoms with Crippen LogP contribution < -0.4 is 4.90 Å². The highest BCUT2D eigenvalue weighted by Gasteiger charge is 2.35. The van der Waals surface area contributed by atoms with Gasteiger partial charge in [0.05, 0.1) is 16.1 Å². The molecule has 33 heavy (non-hydrogen) atoms. The Morgan fingerprint density at radius 3 is 1.79 bits per heavy atom. The predicted octanol–water partition coefficient (Wildman–Crippen LogP) is 3.98. The average molecular weight is 478 g/mol. The van der Waals surface area contributed by atoms with Crippen LogP contribution in [-0.4, -0.2) is 44.7 Å². The van der Waals surface area contributed by atoms with E-state index in [4.69, 9.17) is 0 Å². The van der Waals surface area contributed by atoms with E-state index in [0.29, 0.717) is 0 Å². The van der Waals surface area contributed by atoms with Gasteiger partial charge in [-0.3, -0.25) is 4.79 Å². The average Bonchev–Trinajstić information content (AvgIpc) is 2.85. The molecule has 5 nitrogen and oxygen atoms in total. The van der Waals surface area contributed by atoms with E-state index in [2.05, 4.69) is 0 Å². The Morgan fingerprint density at radius 1 is 0.697 bits per heavy atom. The summed E-state index contributed by atoms with van der Waals surface area (Å²) in [6, 6.07) is 15.0. The van der Waals surface area contributed by atoms with E-state index in [-0.39, 0.29) is 36.6 Å². The number of sulfonamides is 1. The molecule has 172 valence electrons. The fourth-order valence-corrected chi connectivity index (χ4v) is 5.19. The number of rotatable bonds is 5. The van der Waals surface area contributed by atoms with Crippen LogP contribution in [0.5, 0.6) is 0 Å². The highest BCUT2D eigenvalue weighted by atomic mass is 32.2. The van der Waals surface area contributed by atoms with E-state index in [0.717, 1.165) is 9.21 Å². The lowest BCUT2D eigenvalue weighted by Crippen LogP contribution is -2.49. The largest absolute Gasteiger partial charge is 0.366 e. The summed E-state index contributed by atoms with van der Waals surface area (Å²) in [5.41, 5.74) is -1.69. The third-order valence-electron chi connectivity index (χ3n) is 5.44. The summed E-state index contributed by atoms with van der Waals surface area (Å²) in [4.78, 5) is 14.2. The molecule has 0 atom stereocenters. The van der Waals surface area contributed by atoms with Crippen molar-refractivity contribution in [1.29, 1.82) is 0 Å². The monoisotopic (exact) mass is 478 g/mol. The molecule has 0 saturated carbocycles. The highest BCUT2D eigenvalue weighted by Crippen LogP contribution is 2.34. The predicted molar refractivity (Wildman–Crippen MR) is 114 cm³/mol. The van der Waals surface area contributed by atoms with Crippen LogP contribution in [0.15, 0.2) is 65.6 Å². The third kappa shape index (κ3) is 4.11. The fraction of sp³-hybridized carbons (Fsp3) is 0.174. The minimum absolute atomic E-state index is 0.0339. The van der Waals surface area contributed by atoms with E-state index < -0.39 is 50.3 Å². The summed E-state index contributed by atoms with van der Waals surface area (Å²) in [6.07, 6.45) is 0. The van der Waals surface area contributed by atoms with Gasteiger partial charge in [-0.2, -0.15) is 4.31 Å². The van der Waals surface area contributed by atoms with E-state index in [1.807, 2.05) is 0 Å². The van der Waals surface area contributed by atoms with Crippen LogP contribution in [0, 0.1) is 23.3 Å². The molecule has 1 aliphatic heterocycles. The summed E-state index contributed by atoms with van der Waals surface area (Å²) < 4.78 is 84.5. The van der Waals surface area contributed by atoms with Gasteiger partial charge in [0.1, 0.15) is 0 Å². The highest BCUT2D eigenvalue weighted by molar-refractivity contribution is 7.89. The van der Waals surface area contributed by atoms with Crippen molar-refractivity contribution in [3.8, 4) is 0 Å². The van der Waals surface area contributed by atoms with Gasteiger partial charge in [0.2, 0.25) is 10.0 Å². The summed E-state index contributed by atoms with van der Waals surface area (Å²) >= 11 is 0. The molecule has 1 fully saturated rings. The molecule has 0 unspecified atom stereocenters. The van der Waals surface area contributed by atoms with Crippen molar-refractivity contribution >= 4 is 21.5 Å². The second-order valence-electron chi connectivity index (χ2n) is 7.38. The van der Waals surface area contributed by atoms with Gasteiger partial charge in [-0.1, -0.05) is 48.5 Å². The molecule has 4 rings (SSSR count). The lowest BCUT2D eigenvalue weighted by molar-refractivity contribution is 0.103. The Morgan fingerprint density at radius 2 is 1.21 bits per heavy atom. The molecular weight excluding hydrogens is 460 g/mol. The molecule has 1 saturated heterocycles. The molecule has 0 aromatic heterocycles. The van der Waals surface area contributed by atoms with Gasteiger partial charge in [-0.25, -0.2) is 26.0 Å². The van der Waals surface area contributed by atoms with Crippen molar-refractivity contribution in [3.05, 3.63) is 95.1 Å². The fourth-order valence-electron chi connectivity index (χ4n) is 3.75. The number of carbonyl (C=O) groups is 1. The van der Waals surface area contributed by atoms with Crippen molar-refractivity contribution < 1.29 is 30.8 Å². The first kappa shape index (κ1) is 22.9. The summed E-state index contributed by atoms with van der Waals surface area (Å²) in [5, 5.41) is 0. The molecule has 0 spiro atoms. The van der Waals surface area contributed by atoms with E-state index in [1.165, 1.54) is 36.4 Å². The van der Waals surface area contributed by atoms with Gasteiger partial charge in [-0.15, -0.1) is 0 Å². The van der Waals surface area contributed by atoms with Crippen LogP contribution in [0.25, 0.3) is 0 Å². The van der Waals surface area contributed by atoms with Crippen molar-refractivity contribution in [2.45, 2.75) is 4.90 Å². The van der Waals surface area contributed by atoms with Gasteiger partial charge in [0.25, 0.3) is 0 Å². The molecule has 0 aliphatic carbocycles.